The largest absolute Gasteiger partial charge is 0.342 e. The van der Waals surface area contributed by atoms with Gasteiger partial charge in [-0.25, -0.2) is 4.98 Å². The Bertz CT molecular complexity index is 809. The van der Waals surface area contributed by atoms with Crippen molar-refractivity contribution >= 4 is 5.91 Å². The van der Waals surface area contributed by atoms with Crippen LogP contribution in [-0.2, 0) is 6.54 Å². The Morgan fingerprint density at radius 3 is 2.96 bits per heavy atom. The number of hydrogen-bond donors (Lipinski definition) is 2. The van der Waals surface area contributed by atoms with Crippen LogP contribution in [0.2, 0.25) is 0 Å². The molecule has 3 rings (SSSR count). The van der Waals surface area contributed by atoms with Crippen molar-refractivity contribution in [3.8, 4) is 11.4 Å². The van der Waals surface area contributed by atoms with Crippen molar-refractivity contribution in [2.24, 2.45) is 0 Å². The maximum atomic E-state index is 12.7. The number of aromatic nitrogens is 6. The normalized spacial score (nSPS) is 12.1. The van der Waals surface area contributed by atoms with E-state index in [4.69, 9.17) is 0 Å². The third-order valence-electron chi connectivity index (χ3n) is 3.69. The van der Waals surface area contributed by atoms with Gasteiger partial charge < -0.3 is 9.88 Å². The van der Waals surface area contributed by atoms with E-state index in [0.29, 0.717) is 17.0 Å². The first kappa shape index (κ1) is 15.9. The van der Waals surface area contributed by atoms with Crippen LogP contribution in [0, 0.1) is 0 Å². The molecule has 0 aliphatic rings. The molecule has 2 N–H and O–H groups in total. The Morgan fingerprint density at radius 1 is 1.38 bits per heavy atom. The molecule has 0 bridgehead atoms. The zero-order chi connectivity index (χ0) is 16.9. The smallest absolute Gasteiger partial charge is 0.252 e. The summed E-state index contributed by atoms with van der Waals surface area (Å²) in [6, 6.07) is 7.01. The molecule has 1 amide bonds. The minimum absolute atomic E-state index is 0.194. The zero-order valence-corrected chi connectivity index (χ0v) is 13.6. The van der Waals surface area contributed by atoms with Gasteiger partial charge >= 0.3 is 0 Å². The molecule has 0 unspecified atom stereocenters. The Hall–Kier alpha value is -3.03. The number of aryl methyl sites for hydroxylation is 1. The predicted molar refractivity (Wildman–Crippen MR) is 88.0 cm³/mol. The van der Waals surface area contributed by atoms with Crippen molar-refractivity contribution in [3.05, 3.63) is 48.3 Å². The molecule has 8 heteroatoms. The van der Waals surface area contributed by atoms with Crippen LogP contribution in [0.15, 0.2) is 36.9 Å². The van der Waals surface area contributed by atoms with Crippen molar-refractivity contribution in [3.63, 3.8) is 0 Å². The number of carbonyl (C=O) groups excluding carboxylic acids is 1. The van der Waals surface area contributed by atoms with Crippen LogP contribution in [0.3, 0.4) is 0 Å². The van der Waals surface area contributed by atoms with Crippen LogP contribution in [0.4, 0.5) is 0 Å². The molecule has 8 nitrogen and oxygen atoms in total. The topological polar surface area (TPSA) is 101 Å². The van der Waals surface area contributed by atoms with E-state index in [-0.39, 0.29) is 11.9 Å². The minimum Gasteiger partial charge on any atom is -0.342 e. The van der Waals surface area contributed by atoms with E-state index < -0.39 is 0 Å². The molecule has 24 heavy (non-hydrogen) atoms. The second-order valence-corrected chi connectivity index (χ2v) is 5.46. The highest BCUT2D eigenvalue weighted by Gasteiger charge is 2.19. The summed E-state index contributed by atoms with van der Waals surface area (Å²) in [6.07, 6.45) is 4.07. The Labute approximate surface area is 139 Å². The number of amides is 1. The van der Waals surface area contributed by atoms with Gasteiger partial charge in [0.15, 0.2) is 11.6 Å². The van der Waals surface area contributed by atoms with E-state index in [1.54, 1.807) is 12.4 Å². The maximum Gasteiger partial charge on any atom is 0.252 e. The fourth-order valence-electron chi connectivity index (χ4n) is 2.57. The van der Waals surface area contributed by atoms with Crippen LogP contribution >= 0.6 is 0 Å². The van der Waals surface area contributed by atoms with Crippen LogP contribution in [-0.4, -0.2) is 35.9 Å². The molecule has 1 aromatic carbocycles. The lowest BCUT2D eigenvalue weighted by Crippen LogP contribution is -2.29. The number of rotatable bonds is 6. The second kappa shape index (κ2) is 7.03. The zero-order valence-electron chi connectivity index (χ0n) is 13.6. The predicted octanol–water partition coefficient (Wildman–Crippen LogP) is 1.96. The molecular formula is C16H19N7O. The third-order valence-corrected chi connectivity index (χ3v) is 3.69. The number of H-pyrrole nitrogens is 1. The number of hydrogen-bond acceptors (Lipinski definition) is 5. The third kappa shape index (κ3) is 3.17. The monoisotopic (exact) mass is 325 g/mol. The van der Waals surface area contributed by atoms with E-state index in [1.165, 1.54) is 6.33 Å². The lowest BCUT2D eigenvalue weighted by Gasteiger charge is -2.15. The van der Waals surface area contributed by atoms with Gasteiger partial charge in [-0.15, -0.1) is 10.2 Å². The molecule has 0 aliphatic carbocycles. The number of benzene rings is 1. The molecule has 3 aromatic rings. The molecule has 2 heterocycles. The first-order valence-electron chi connectivity index (χ1n) is 7.84. The molecular weight excluding hydrogens is 306 g/mol. The summed E-state index contributed by atoms with van der Waals surface area (Å²) in [5.41, 5.74) is 1.23. The molecule has 0 saturated heterocycles. The summed E-state index contributed by atoms with van der Waals surface area (Å²) in [5.74, 6) is 1.10. The van der Waals surface area contributed by atoms with Gasteiger partial charge in [0.25, 0.3) is 5.91 Å². The van der Waals surface area contributed by atoms with Crippen molar-refractivity contribution in [2.45, 2.75) is 32.9 Å². The van der Waals surface area contributed by atoms with Crippen LogP contribution in [0.1, 0.15) is 42.5 Å². The summed E-state index contributed by atoms with van der Waals surface area (Å²) in [4.78, 5) is 16.8. The van der Waals surface area contributed by atoms with E-state index in [1.807, 2.05) is 29.7 Å². The van der Waals surface area contributed by atoms with Gasteiger partial charge in [-0.2, -0.15) is 5.10 Å². The fraction of sp³-hybridized carbons (Fsp3) is 0.312. The first-order valence-corrected chi connectivity index (χ1v) is 7.84. The van der Waals surface area contributed by atoms with E-state index >= 15 is 0 Å². The highest BCUT2D eigenvalue weighted by Crippen LogP contribution is 2.20. The van der Waals surface area contributed by atoms with Crippen LogP contribution in [0.25, 0.3) is 11.4 Å². The van der Waals surface area contributed by atoms with Crippen LogP contribution in [0.5, 0.6) is 0 Å². The minimum atomic E-state index is -0.255. The molecule has 124 valence electrons. The molecule has 0 saturated carbocycles. The Balaban J connectivity index is 1.82. The number of aromatic amines is 1. The number of carbonyl (C=O) groups is 1. The van der Waals surface area contributed by atoms with Gasteiger partial charge in [0.1, 0.15) is 12.7 Å². The van der Waals surface area contributed by atoms with Gasteiger partial charge in [-0.3, -0.25) is 9.89 Å². The summed E-state index contributed by atoms with van der Waals surface area (Å²) >= 11 is 0. The molecule has 0 radical (unpaired) electrons. The summed E-state index contributed by atoms with van der Waals surface area (Å²) in [6.45, 7) is 4.79. The van der Waals surface area contributed by atoms with Crippen LogP contribution < -0.4 is 5.32 Å². The average molecular weight is 325 g/mol. The molecule has 2 aromatic heterocycles. The SMILES string of the molecule is CCCn1cnnc1[C@@H](C)NC(=O)c1ccccc1-c1ncn[nH]1. The standard InChI is InChI=1S/C16H19N7O/c1-3-8-23-10-19-22-15(23)11(2)20-16(24)13-7-5-4-6-12(13)14-17-9-18-21-14/h4-7,9-11H,3,8H2,1-2H3,(H,20,24)(H,17,18,21)/t11-/m1/s1. The molecule has 0 fully saturated rings. The number of nitrogens with zero attached hydrogens (tertiary/aromatic N) is 5. The molecule has 0 aliphatic heterocycles. The Kier molecular flexibility index (Phi) is 4.64. The van der Waals surface area contributed by atoms with E-state index in [2.05, 4.69) is 37.6 Å². The summed E-state index contributed by atoms with van der Waals surface area (Å²) in [5, 5.41) is 17.7. The van der Waals surface area contributed by atoms with Gasteiger partial charge in [0.05, 0.1) is 11.6 Å². The van der Waals surface area contributed by atoms with Crippen molar-refractivity contribution < 1.29 is 4.79 Å². The van der Waals surface area contributed by atoms with Gasteiger partial charge in [0, 0.05) is 12.1 Å². The first-order chi connectivity index (χ1) is 11.7. The second-order valence-electron chi connectivity index (χ2n) is 5.46. The van der Waals surface area contributed by atoms with Gasteiger partial charge in [-0.05, 0) is 19.4 Å². The fourth-order valence-corrected chi connectivity index (χ4v) is 2.57. The highest BCUT2D eigenvalue weighted by molar-refractivity contribution is 6.00. The lowest BCUT2D eigenvalue weighted by atomic mass is 10.1. The molecule has 0 spiro atoms. The number of nitrogens with one attached hydrogen (secondary N) is 2. The lowest BCUT2D eigenvalue weighted by molar-refractivity contribution is 0.0938. The quantitative estimate of drug-likeness (QED) is 0.721. The highest BCUT2D eigenvalue weighted by atomic mass is 16.1. The summed E-state index contributed by atoms with van der Waals surface area (Å²) in [7, 11) is 0. The average Bonchev–Trinajstić information content (AvgIpc) is 3.27. The van der Waals surface area contributed by atoms with Crippen molar-refractivity contribution in [1.82, 2.24) is 35.3 Å². The Morgan fingerprint density at radius 2 is 2.21 bits per heavy atom. The van der Waals surface area contributed by atoms with Crippen molar-refractivity contribution in [2.75, 3.05) is 0 Å². The maximum absolute atomic E-state index is 12.7. The molecule has 1 atom stereocenters. The van der Waals surface area contributed by atoms with E-state index in [0.717, 1.165) is 18.8 Å². The van der Waals surface area contributed by atoms with Gasteiger partial charge in [0.2, 0.25) is 0 Å². The summed E-state index contributed by atoms with van der Waals surface area (Å²) < 4.78 is 1.95. The van der Waals surface area contributed by atoms with E-state index in [9.17, 15) is 4.79 Å². The van der Waals surface area contributed by atoms with Crippen molar-refractivity contribution in [1.29, 1.82) is 0 Å². The van der Waals surface area contributed by atoms with Gasteiger partial charge in [-0.1, -0.05) is 25.1 Å².